The van der Waals surface area contributed by atoms with Crippen LogP contribution in [0, 0.1) is 0 Å². The van der Waals surface area contributed by atoms with Gasteiger partial charge in [0.05, 0.1) is 0 Å². The molecule has 1 saturated heterocycles. The lowest BCUT2D eigenvalue weighted by Crippen LogP contribution is -2.46. The van der Waals surface area contributed by atoms with Crippen molar-refractivity contribution in [3.8, 4) is 0 Å². The molecule has 0 aromatic carbocycles. The van der Waals surface area contributed by atoms with Gasteiger partial charge in [0.1, 0.15) is 0 Å². The van der Waals surface area contributed by atoms with E-state index in [4.69, 9.17) is 4.52 Å². The van der Waals surface area contributed by atoms with Crippen LogP contribution in [0.3, 0.4) is 0 Å². The topological polar surface area (TPSA) is 71.3 Å². The van der Waals surface area contributed by atoms with Crippen LogP contribution < -0.4 is 5.32 Å². The molecule has 1 aromatic heterocycles. The molecule has 6 nitrogen and oxygen atoms in total. The summed E-state index contributed by atoms with van der Waals surface area (Å²) < 4.78 is 5.22. The molecule has 120 valence electrons. The number of aromatic nitrogens is 2. The molecule has 21 heavy (non-hydrogen) atoms. The summed E-state index contributed by atoms with van der Waals surface area (Å²) in [6.45, 7) is 9.57. The van der Waals surface area contributed by atoms with Crippen molar-refractivity contribution in [1.29, 1.82) is 0 Å². The van der Waals surface area contributed by atoms with Crippen molar-refractivity contribution in [2.75, 3.05) is 26.2 Å². The van der Waals surface area contributed by atoms with Gasteiger partial charge in [-0.3, -0.25) is 4.79 Å². The molecule has 1 aliphatic heterocycles. The number of nitrogens with zero attached hydrogens (tertiary/aromatic N) is 3. The Morgan fingerprint density at radius 2 is 2.00 bits per heavy atom. The predicted molar refractivity (Wildman–Crippen MR) is 82.6 cm³/mol. The number of hydrogen-bond donors (Lipinski definition) is 1. The van der Waals surface area contributed by atoms with Gasteiger partial charge in [0.15, 0.2) is 5.82 Å². The number of carbonyl (C=O) groups is 1. The van der Waals surface area contributed by atoms with Crippen molar-refractivity contribution in [3.63, 3.8) is 0 Å². The first-order chi connectivity index (χ1) is 9.47. The van der Waals surface area contributed by atoms with Crippen LogP contribution in [0.2, 0.25) is 0 Å². The Bertz CT molecular complexity index is 450. The smallest absolute Gasteiger partial charge is 0.226 e. The number of piperazine rings is 1. The number of amides is 1. The zero-order valence-corrected chi connectivity index (χ0v) is 13.8. The summed E-state index contributed by atoms with van der Waals surface area (Å²) in [5, 5.41) is 7.23. The van der Waals surface area contributed by atoms with Crippen LogP contribution in [0.5, 0.6) is 0 Å². The second-order valence-corrected chi connectivity index (χ2v) is 6.25. The number of aryl methyl sites for hydroxylation is 1. The minimum Gasteiger partial charge on any atom is -0.340 e. The molecule has 0 spiro atoms. The highest BCUT2D eigenvalue weighted by Crippen LogP contribution is 2.19. The maximum Gasteiger partial charge on any atom is 0.226 e. The van der Waals surface area contributed by atoms with Gasteiger partial charge in [-0.25, -0.2) is 0 Å². The molecule has 7 heteroatoms. The maximum absolute atomic E-state index is 12.0. The van der Waals surface area contributed by atoms with Crippen molar-refractivity contribution >= 4 is 18.3 Å². The van der Waals surface area contributed by atoms with Crippen molar-refractivity contribution in [1.82, 2.24) is 20.4 Å². The zero-order chi connectivity index (χ0) is 14.6. The number of nitrogens with one attached hydrogen (secondary N) is 1. The van der Waals surface area contributed by atoms with Gasteiger partial charge in [-0.2, -0.15) is 4.98 Å². The lowest BCUT2D eigenvalue weighted by atomic mass is 9.96. The van der Waals surface area contributed by atoms with E-state index >= 15 is 0 Å². The average Bonchev–Trinajstić information content (AvgIpc) is 2.88. The normalized spacial score (nSPS) is 15.7. The minimum atomic E-state index is -0.0988. The molecule has 0 aliphatic carbocycles. The molecule has 1 fully saturated rings. The molecule has 2 rings (SSSR count). The summed E-state index contributed by atoms with van der Waals surface area (Å²) >= 11 is 0. The summed E-state index contributed by atoms with van der Waals surface area (Å²) in [6.07, 6.45) is 1.97. The van der Waals surface area contributed by atoms with Gasteiger partial charge in [0, 0.05) is 44.4 Å². The van der Waals surface area contributed by atoms with Gasteiger partial charge in [0.25, 0.3) is 0 Å². The van der Waals surface area contributed by atoms with E-state index in [-0.39, 0.29) is 23.7 Å². The maximum atomic E-state index is 12.0. The van der Waals surface area contributed by atoms with Gasteiger partial charge in [-0.15, -0.1) is 12.4 Å². The molecule has 0 saturated carbocycles. The Labute approximate surface area is 132 Å². The fourth-order valence-electron chi connectivity index (χ4n) is 2.12. The van der Waals surface area contributed by atoms with Crippen LogP contribution in [0.4, 0.5) is 0 Å². The standard InChI is InChI=1S/C14H24N4O2.ClH/c1-14(2,3)13-16-11(20-17-13)5-4-6-12(19)18-9-7-15-8-10-18;/h15H,4-10H2,1-3H3;1H. The highest BCUT2D eigenvalue weighted by molar-refractivity contribution is 5.85. The Kier molecular flexibility index (Phi) is 6.61. The van der Waals surface area contributed by atoms with Crippen molar-refractivity contribution in [2.45, 2.75) is 45.4 Å². The van der Waals surface area contributed by atoms with Crippen LogP contribution in [-0.4, -0.2) is 47.1 Å². The first kappa shape index (κ1) is 17.9. The fourth-order valence-corrected chi connectivity index (χ4v) is 2.12. The molecule has 1 N–H and O–H groups in total. The van der Waals surface area contributed by atoms with Crippen LogP contribution in [0.1, 0.15) is 45.3 Å². The molecule has 0 radical (unpaired) electrons. The lowest BCUT2D eigenvalue weighted by Gasteiger charge is -2.27. The highest BCUT2D eigenvalue weighted by atomic mass is 35.5. The molecule has 1 amide bonds. The zero-order valence-electron chi connectivity index (χ0n) is 13.0. The van der Waals surface area contributed by atoms with Crippen LogP contribution in [0.25, 0.3) is 0 Å². The third-order valence-corrected chi connectivity index (χ3v) is 3.39. The second kappa shape index (κ2) is 7.75. The number of rotatable bonds is 4. The predicted octanol–water partition coefficient (Wildman–Crippen LogP) is 1.54. The Balaban J connectivity index is 0.00000220. The molecule has 0 unspecified atom stereocenters. The molecule has 2 heterocycles. The Morgan fingerprint density at radius 1 is 1.33 bits per heavy atom. The summed E-state index contributed by atoms with van der Waals surface area (Å²) in [4.78, 5) is 18.3. The Morgan fingerprint density at radius 3 is 2.57 bits per heavy atom. The first-order valence-corrected chi connectivity index (χ1v) is 7.28. The van der Waals surface area contributed by atoms with Gasteiger partial charge >= 0.3 is 0 Å². The van der Waals surface area contributed by atoms with Gasteiger partial charge < -0.3 is 14.7 Å². The third-order valence-electron chi connectivity index (χ3n) is 3.39. The minimum absolute atomic E-state index is 0. The quantitative estimate of drug-likeness (QED) is 0.912. The van der Waals surface area contributed by atoms with Crippen molar-refractivity contribution < 1.29 is 9.32 Å². The molecule has 0 bridgehead atoms. The molecule has 1 aliphatic rings. The van der Waals surface area contributed by atoms with Crippen LogP contribution in [-0.2, 0) is 16.6 Å². The van der Waals surface area contributed by atoms with Crippen molar-refractivity contribution in [3.05, 3.63) is 11.7 Å². The summed E-state index contributed by atoms with van der Waals surface area (Å²) in [7, 11) is 0. The third kappa shape index (κ3) is 5.28. The van der Waals surface area contributed by atoms with E-state index in [2.05, 4.69) is 36.2 Å². The fraction of sp³-hybridized carbons (Fsp3) is 0.786. The molecular weight excluding hydrogens is 292 g/mol. The summed E-state index contributed by atoms with van der Waals surface area (Å²) in [6, 6.07) is 0. The largest absolute Gasteiger partial charge is 0.340 e. The average molecular weight is 317 g/mol. The van der Waals surface area contributed by atoms with E-state index in [0.29, 0.717) is 18.7 Å². The number of halogens is 1. The van der Waals surface area contributed by atoms with E-state index in [1.807, 2.05) is 4.90 Å². The number of hydrogen-bond acceptors (Lipinski definition) is 5. The Hall–Kier alpha value is -1.14. The van der Waals surface area contributed by atoms with E-state index in [1.165, 1.54) is 0 Å². The number of carbonyl (C=O) groups excluding carboxylic acids is 1. The summed E-state index contributed by atoms with van der Waals surface area (Å²) in [5.41, 5.74) is -0.0988. The molecule has 0 atom stereocenters. The van der Waals surface area contributed by atoms with E-state index in [9.17, 15) is 4.79 Å². The lowest BCUT2D eigenvalue weighted by molar-refractivity contribution is -0.131. The molecular formula is C14H25ClN4O2. The second-order valence-electron chi connectivity index (χ2n) is 6.25. The van der Waals surface area contributed by atoms with E-state index in [1.54, 1.807) is 0 Å². The first-order valence-electron chi connectivity index (χ1n) is 7.28. The van der Waals surface area contributed by atoms with Crippen molar-refractivity contribution in [2.24, 2.45) is 0 Å². The van der Waals surface area contributed by atoms with Gasteiger partial charge in [0.2, 0.25) is 11.8 Å². The van der Waals surface area contributed by atoms with E-state index < -0.39 is 0 Å². The van der Waals surface area contributed by atoms with Crippen LogP contribution >= 0.6 is 12.4 Å². The van der Waals surface area contributed by atoms with Gasteiger partial charge in [-0.1, -0.05) is 25.9 Å². The summed E-state index contributed by atoms with van der Waals surface area (Å²) in [5.74, 6) is 1.58. The van der Waals surface area contributed by atoms with Crippen LogP contribution in [0.15, 0.2) is 4.52 Å². The molecule has 1 aromatic rings. The SMILES string of the molecule is CC(C)(C)c1noc(CCCC(=O)N2CCNCC2)n1.Cl. The monoisotopic (exact) mass is 316 g/mol. The van der Waals surface area contributed by atoms with E-state index in [0.717, 1.165) is 38.4 Å². The highest BCUT2D eigenvalue weighted by Gasteiger charge is 2.21. The van der Waals surface area contributed by atoms with Gasteiger partial charge in [-0.05, 0) is 6.42 Å².